The van der Waals surface area contributed by atoms with Crippen LogP contribution < -0.4 is 5.32 Å². The second kappa shape index (κ2) is 19.4. The molecular formula is C52H59NO15. The van der Waals surface area contributed by atoms with Gasteiger partial charge in [-0.25, -0.2) is 9.59 Å². The first-order valence-corrected chi connectivity index (χ1v) is 23.0. The number of aliphatic hydroxyl groups excluding tert-OH is 1. The third kappa shape index (κ3) is 8.73. The summed E-state index contributed by atoms with van der Waals surface area (Å²) in [7, 11) is 0. The number of ketones is 1. The van der Waals surface area contributed by atoms with Crippen LogP contribution in [0.2, 0.25) is 0 Å². The number of ether oxygens (including phenoxy) is 6. The molecule has 3 fully saturated rings. The predicted molar refractivity (Wildman–Crippen MR) is 241 cm³/mol. The number of carbonyl (C=O) groups excluding carboxylic acids is 7. The number of Topliss-reactive ketones (excluding diaryl/α,β-unsaturated/α-hetero) is 1. The van der Waals surface area contributed by atoms with E-state index in [1.165, 1.54) is 32.9 Å². The van der Waals surface area contributed by atoms with Gasteiger partial charge in [-0.05, 0) is 61.2 Å². The fourth-order valence-corrected chi connectivity index (χ4v) is 10.8. The van der Waals surface area contributed by atoms with Crippen LogP contribution >= 0.6 is 0 Å². The van der Waals surface area contributed by atoms with E-state index in [2.05, 4.69) is 5.32 Å². The van der Waals surface area contributed by atoms with Crippen LogP contribution in [0, 0.1) is 16.7 Å². The van der Waals surface area contributed by atoms with Crippen LogP contribution in [0.1, 0.15) is 113 Å². The van der Waals surface area contributed by atoms with Crippen LogP contribution in [-0.4, -0.2) is 106 Å². The molecule has 3 aromatic rings. The molecular weight excluding hydrogens is 879 g/mol. The Hall–Kier alpha value is -6.23. The molecule has 68 heavy (non-hydrogen) atoms. The number of carbonyl (C=O) groups is 7. The van der Waals surface area contributed by atoms with E-state index < -0.39 is 119 Å². The van der Waals surface area contributed by atoms with Gasteiger partial charge in [0, 0.05) is 43.6 Å². The lowest BCUT2D eigenvalue weighted by atomic mass is 9.44. The molecule has 2 bridgehead atoms. The summed E-state index contributed by atoms with van der Waals surface area (Å²) in [5.74, 6) is -7.48. The molecule has 4 aliphatic rings. The van der Waals surface area contributed by atoms with Crippen LogP contribution in [0.15, 0.2) is 102 Å². The van der Waals surface area contributed by atoms with E-state index in [-0.39, 0.29) is 48.1 Å². The average Bonchev–Trinajstić information content (AvgIpc) is 3.31. The van der Waals surface area contributed by atoms with Crippen LogP contribution in [0.25, 0.3) is 0 Å². The maximum absolute atomic E-state index is 16.1. The number of hydrogen-bond donors (Lipinski definition) is 3. The number of amides is 1. The van der Waals surface area contributed by atoms with Crippen molar-refractivity contribution in [1.82, 2.24) is 5.32 Å². The normalized spacial score (nSPS) is 30.0. The summed E-state index contributed by atoms with van der Waals surface area (Å²) in [6, 6.07) is 22.9. The zero-order valence-corrected chi connectivity index (χ0v) is 39.2. The van der Waals surface area contributed by atoms with E-state index in [0.717, 1.165) is 6.92 Å². The number of rotatable bonds is 14. The van der Waals surface area contributed by atoms with Crippen LogP contribution in [-0.2, 0) is 52.4 Å². The van der Waals surface area contributed by atoms with Gasteiger partial charge in [-0.1, -0.05) is 94.4 Å². The van der Waals surface area contributed by atoms with Crippen molar-refractivity contribution in [3.05, 3.63) is 119 Å². The molecule has 2 saturated carbocycles. The largest absolute Gasteiger partial charge is 0.461 e. The Morgan fingerprint density at radius 1 is 0.824 bits per heavy atom. The van der Waals surface area contributed by atoms with Crippen LogP contribution in [0.5, 0.6) is 0 Å². The summed E-state index contributed by atoms with van der Waals surface area (Å²) in [5.41, 5.74) is -7.20. The molecule has 3 aliphatic carbocycles. The topological polar surface area (TPSA) is 227 Å². The van der Waals surface area contributed by atoms with E-state index in [1.807, 2.05) is 0 Å². The quantitative estimate of drug-likeness (QED) is 0.103. The van der Waals surface area contributed by atoms with Gasteiger partial charge in [0.05, 0.1) is 29.5 Å². The maximum atomic E-state index is 16.1. The molecule has 7 rings (SSSR count). The molecule has 16 nitrogen and oxygen atoms in total. The standard InChI is InChI=1S/C52H59NO15/c1-8-19-38(56)65-35-26-36-51(28-63-36,68-30(4)54)43-45(67-47(60)33-24-17-12-18-25-33)52(62)27-34(29(3)39(49(52,5)6)42(66-37(55)9-2)44(58)50(35,43)7)64-48(61)41(57)40(31-20-13-10-14-21-31)53-46(59)32-22-15-11-16-23-32/h10-18,20-25,34-36,40-43,45,57,62H,8-9,19,26-28H2,1-7H3,(H,53,59)/t34-,35-,36+,40-,41+,42+,43-,45-,50+,51-,52+/m0/s1. The number of benzene rings is 3. The number of aliphatic hydroxyl groups is 2. The van der Waals surface area contributed by atoms with Gasteiger partial charge in [-0.2, -0.15) is 0 Å². The number of nitrogens with one attached hydrogen (secondary N) is 1. The highest BCUT2D eigenvalue weighted by Gasteiger charge is 2.79. The van der Waals surface area contributed by atoms with Crippen molar-refractivity contribution in [1.29, 1.82) is 0 Å². The molecule has 0 aromatic heterocycles. The Morgan fingerprint density at radius 3 is 1.99 bits per heavy atom. The highest BCUT2D eigenvalue weighted by atomic mass is 16.6. The summed E-state index contributed by atoms with van der Waals surface area (Å²) < 4.78 is 37.3. The smallest absolute Gasteiger partial charge is 0.338 e. The monoisotopic (exact) mass is 937 g/mol. The number of hydrogen-bond acceptors (Lipinski definition) is 15. The molecule has 1 saturated heterocycles. The summed E-state index contributed by atoms with van der Waals surface area (Å²) in [6.45, 7) is 10.3. The Morgan fingerprint density at radius 2 is 1.43 bits per heavy atom. The van der Waals surface area contributed by atoms with Crippen molar-refractivity contribution in [2.45, 2.75) is 134 Å². The third-order valence-electron chi connectivity index (χ3n) is 14.4. The minimum Gasteiger partial charge on any atom is -0.461 e. The first kappa shape index (κ1) is 49.7. The van der Waals surface area contributed by atoms with Crippen molar-refractivity contribution in [3.63, 3.8) is 0 Å². The highest BCUT2D eigenvalue weighted by Crippen LogP contribution is 2.65. The molecule has 1 amide bonds. The molecule has 16 heteroatoms. The Balaban J connectivity index is 1.43. The fourth-order valence-electron chi connectivity index (χ4n) is 10.8. The van der Waals surface area contributed by atoms with Crippen LogP contribution in [0.3, 0.4) is 0 Å². The van der Waals surface area contributed by atoms with Crippen molar-refractivity contribution in [2.75, 3.05) is 6.61 Å². The van der Waals surface area contributed by atoms with Gasteiger partial charge in [0.2, 0.25) is 0 Å². The first-order valence-electron chi connectivity index (χ1n) is 23.0. The van der Waals surface area contributed by atoms with Crippen molar-refractivity contribution < 1.29 is 72.2 Å². The van der Waals surface area contributed by atoms with Crippen molar-refractivity contribution >= 4 is 41.5 Å². The fraction of sp³-hybridized carbons (Fsp3) is 0.481. The molecule has 1 aliphatic heterocycles. The van der Waals surface area contributed by atoms with E-state index in [0.29, 0.717) is 12.0 Å². The van der Waals surface area contributed by atoms with Gasteiger partial charge in [-0.15, -0.1) is 0 Å². The molecule has 0 unspecified atom stereocenters. The molecule has 1 heterocycles. The molecule has 3 aromatic carbocycles. The summed E-state index contributed by atoms with van der Waals surface area (Å²) in [5, 5.41) is 28.6. The predicted octanol–water partition coefficient (Wildman–Crippen LogP) is 5.48. The Labute approximate surface area is 394 Å². The minimum absolute atomic E-state index is 0.00471. The van der Waals surface area contributed by atoms with Gasteiger partial charge in [0.15, 0.2) is 23.6 Å². The van der Waals surface area contributed by atoms with Crippen molar-refractivity contribution in [3.8, 4) is 0 Å². The first-order chi connectivity index (χ1) is 32.2. The molecule has 0 radical (unpaired) electrons. The second-order valence-electron chi connectivity index (χ2n) is 18.8. The summed E-state index contributed by atoms with van der Waals surface area (Å²) in [4.78, 5) is 99.0. The number of fused-ring (bicyclic) bond motifs is 5. The average molecular weight is 938 g/mol. The zero-order chi connectivity index (χ0) is 49.3. The molecule has 0 spiro atoms. The summed E-state index contributed by atoms with van der Waals surface area (Å²) in [6.07, 6.45) is -10.3. The Bertz CT molecular complexity index is 2460. The lowest BCUT2D eigenvalue weighted by Crippen LogP contribution is -2.82. The van der Waals surface area contributed by atoms with Crippen molar-refractivity contribution in [2.24, 2.45) is 16.7 Å². The third-order valence-corrected chi connectivity index (χ3v) is 14.4. The van der Waals surface area contributed by atoms with Gasteiger partial charge in [0.1, 0.15) is 30.0 Å². The number of esters is 5. The highest BCUT2D eigenvalue weighted by molar-refractivity contribution is 5.96. The lowest BCUT2D eigenvalue weighted by Gasteiger charge is -2.67. The van der Waals surface area contributed by atoms with E-state index in [9.17, 15) is 39.0 Å². The Kier molecular flexibility index (Phi) is 14.2. The molecule has 3 N–H and O–H groups in total. The van der Waals surface area contributed by atoms with Gasteiger partial charge < -0.3 is 44.0 Å². The van der Waals surface area contributed by atoms with E-state index in [1.54, 1.807) is 99.6 Å². The molecule has 362 valence electrons. The second-order valence-corrected chi connectivity index (χ2v) is 18.8. The zero-order valence-electron chi connectivity index (χ0n) is 39.2. The SMILES string of the molecule is CCCC(=O)O[C@H]1C[C@H]2OC[C@@]2(OC(C)=O)[C@H]2[C@H](OC(=O)c3ccccc3)[C@]3(O)C[C@H](OC(=O)[C@H](O)[C@@H](NC(=O)c4ccccc4)c4ccccc4)C(C)=C([C@@H](OC(=O)CC)C(=O)[C@]12C)C3(C)C. The van der Waals surface area contributed by atoms with E-state index in [4.69, 9.17) is 28.4 Å². The van der Waals surface area contributed by atoms with Gasteiger partial charge >= 0.3 is 29.8 Å². The van der Waals surface area contributed by atoms with Gasteiger partial charge in [0.25, 0.3) is 5.91 Å². The van der Waals surface area contributed by atoms with Crippen LogP contribution in [0.4, 0.5) is 0 Å². The lowest BCUT2D eigenvalue weighted by molar-refractivity contribution is -0.346. The molecule has 11 atom stereocenters. The minimum atomic E-state index is -2.44. The maximum Gasteiger partial charge on any atom is 0.338 e. The van der Waals surface area contributed by atoms with Gasteiger partial charge in [-0.3, -0.25) is 24.0 Å². The summed E-state index contributed by atoms with van der Waals surface area (Å²) >= 11 is 0. The van der Waals surface area contributed by atoms with E-state index >= 15 is 4.79 Å².